The summed E-state index contributed by atoms with van der Waals surface area (Å²) < 4.78 is 11.9. The number of H-pyrrole nitrogens is 1. The van der Waals surface area contributed by atoms with Crippen LogP contribution >= 0.6 is 0 Å². The van der Waals surface area contributed by atoms with Crippen LogP contribution in [0.25, 0.3) is 11.3 Å². The fourth-order valence-electron chi connectivity index (χ4n) is 5.19. The highest BCUT2D eigenvalue weighted by Crippen LogP contribution is 2.43. The van der Waals surface area contributed by atoms with Crippen LogP contribution < -0.4 is 20.5 Å². The second-order valence-electron chi connectivity index (χ2n) is 9.74. The number of nitrogens with one attached hydrogen (secondary N) is 2. The number of benzene rings is 2. The molecule has 7 heteroatoms. The molecule has 4 heterocycles. The molecule has 0 bridgehead atoms. The van der Waals surface area contributed by atoms with E-state index < -0.39 is 0 Å². The first-order valence-corrected chi connectivity index (χ1v) is 12.7. The maximum atomic E-state index is 12.6. The minimum Gasteiger partial charge on any atom is -0.456 e. The average molecular weight is 495 g/mol. The number of pyridine rings is 2. The summed E-state index contributed by atoms with van der Waals surface area (Å²) in [7, 11) is 0. The maximum Gasteiger partial charge on any atom is 0.250 e. The molecule has 37 heavy (non-hydrogen) atoms. The van der Waals surface area contributed by atoms with Crippen molar-refractivity contribution in [2.75, 3.05) is 36.5 Å². The normalized spacial score (nSPS) is 14.5. The van der Waals surface area contributed by atoms with E-state index in [0.29, 0.717) is 19.8 Å². The van der Waals surface area contributed by atoms with Gasteiger partial charge in [0.1, 0.15) is 11.5 Å². The molecule has 0 spiro atoms. The molecule has 4 aromatic rings. The van der Waals surface area contributed by atoms with Crippen molar-refractivity contribution in [2.45, 2.75) is 26.8 Å². The van der Waals surface area contributed by atoms with Crippen LogP contribution in [0.15, 0.2) is 65.5 Å². The average Bonchev–Trinajstić information content (AvgIpc) is 2.90. The number of hydrogen-bond acceptors (Lipinski definition) is 6. The van der Waals surface area contributed by atoms with E-state index in [1.54, 1.807) is 6.07 Å². The molecule has 0 radical (unpaired) electrons. The quantitative estimate of drug-likeness (QED) is 0.350. The number of aromatic amines is 1. The zero-order valence-corrected chi connectivity index (χ0v) is 21.1. The van der Waals surface area contributed by atoms with E-state index in [-0.39, 0.29) is 5.56 Å². The van der Waals surface area contributed by atoms with Crippen molar-refractivity contribution in [1.82, 2.24) is 9.97 Å². The van der Waals surface area contributed by atoms with Gasteiger partial charge in [-0.1, -0.05) is 12.1 Å². The Labute approximate surface area is 216 Å². The first-order chi connectivity index (χ1) is 18.0. The van der Waals surface area contributed by atoms with Crippen molar-refractivity contribution in [2.24, 2.45) is 0 Å². The molecule has 2 aliphatic heterocycles. The van der Waals surface area contributed by atoms with Crippen molar-refractivity contribution in [3.63, 3.8) is 0 Å². The summed E-state index contributed by atoms with van der Waals surface area (Å²) in [4.78, 5) is 22.4. The molecule has 2 N–H and O–H groups in total. The number of ether oxygens (including phenoxy) is 2. The Balaban J connectivity index is 1.26. The Kier molecular flexibility index (Phi) is 6.14. The molecule has 1 saturated heterocycles. The standard InChI is InChI=1S/C30H30N4O3/c1-19-12-20(2)32-24(13-19)18-31-23-6-7-28-22(15-23)14-21-4-3-5-26(30(21)37-28)27-16-25(17-29(35)33-27)34-8-10-36-11-9-34/h3-7,12-13,15-17,31H,8-11,14,18H2,1-2H3,(H,33,35). The van der Waals surface area contributed by atoms with Crippen LogP contribution in [0, 0.1) is 13.8 Å². The van der Waals surface area contributed by atoms with Crippen molar-refractivity contribution in [3.05, 3.63) is 99.1 Å². The van der Waals surface area contributed by atoms with Crippen molar-refractivity contribution < 1.29 is 9.47 Å². The van der Waals surface area contributed by atoms with Gasteiger partial charge in [-0.3, -0.25) is 9.78 Å². The van der Waals surface area contributed by atoms with Gasteiger partial charge in [-0.25, -0.2) is 0 Å². The molecule has 188 valence electrons. The minimum atomic E-state index is -0.123. The summed E-state index contributed by atoms with van der Waals surface area (Å²) in [6, 6.07) is 20.2. The number of morpholine rings is 1. The summed E-state index contributed by atoms with van der Waals surface area (Å²) in [5, 5.41) is 3.50. The first kappa shape index (κ1) is 23.3. The zero-order valence-electron chi connectivity index (χ0n) is 21.1. The van der Waals surface area contributed by atoms with Crippen LogP contribution in [0.4, 0.5) is 11.4 Å². The highest BCUT2D eigenvalue weighted by atomic mass is 16.5. The summed E-state index contributed by atoms with van der Waals surface area (Å²) in [6.45, 7) is 7.66. The maximum absolute atomic E-state index is 12.6. The first-order valence-electron chi connectivity index (χ1n) is 12.7. The van der Waals surface area contributed by atoms with Crippen LogP contribution in [0.3, 0.4) is 0 Å². The van der Waals surface area contributed by atoms with E-state index in [2.05, 4.69) is 51.4 Å². The number of rotatable bonds is 5. The number of fused-ring (bicyclic) bond motifs is 2. The molecule has 2 aromatic carbocycles. The second-order valence-corrected chi connectivity index (χ2v) is 9.74. The van der Waals surface area contributed by atoms with Crippen molar-refractivity contribution >= 4 is 11.4 Å². The zero-order chi connectivity index (χ0) is 25.4. The molecule has 0 saturated carbocycles. The predicted octanol–water partition coefficient (Wildman–Crippen LogP) is 5.20. The number of anilines is 2. The van der Waals surface area contributed by atoms with Gasteiger partial charge in [0.15, 0.2) is 0 Å². The molecule has 2 aromatic heterocycles. The molecule has 2 aliphatic rings. The fourth-order valence-corrected chi connectivity index (χ4v) is 5.19. The molecule has 0 aliphatic carbocycles. The lowest BCUT2D eigenvalue weighted by Gasteiger charge is -2.29. The van der Waals surface area contributed by atoms with Gasteiger partial charge in [-0.05, 0) is 67.4 Å². The predicted molar refractivity (Wildman–Crippen MR) is 146 cm³/mol. The molecular formula is C30H30N4O3. The molecule has 0 atom stereocenters. The Hall–Kier alpha value is -4.10. The number of aryl methyl sites for hydroxylation is 2. The van der Waals surface area contributed by atoms with Crippen LogP contribution in [0.2, 0.25) is 0 Å². The highest BCUT2D eigenvalue weighted by molar-refractivity contribution is 5.74. The van der Waals surface area contributed by atoms with Gasteiger partial charge < -0.3 is 24.7 Å². The van der Waals surface area contributed by atoms with E-state index in [1.165, 1.54) is 5.56 Å². The molecule has 1 fully saturated rings. The smallest absolute Gasteiger partial charge is 0.250 e. The second kappa shape index (κ2) is 9.75. The van der Waals surface area contributed by atoms with Crippen molar-refractivity contribution in [3.8, 4) is 22.8 Å². The Morgan fingerprint density at radius 2 is 1.86 bits per heavy atom. The van der Waals surface area contributed by atoms with Gasteiger partial charge in [0.25, 0.3) is 0 Å². The summed E-state index contributed by atoms with van der Waals surface area (Å²) >= 11 is 0. The molecule has 0 amide bonds. The monoisotopic (exact) mass is 494 g/mol. The van der Waals surface area contributed by atoms with Gasteiger partial charge in [0.2, 0.25) is 5.56 Å². The summed E-state index contributed by atoms with van der Waals surface area (Å²) in [5.74, 6) is 1.63. The number of hydrogen-bond donors (Lipinski definition) is 2. The third-order valence-corrected chi connectivity index (χ3v) is 6.87. The molecular weight excluding hydrogens is 464 g/mol. The lowest BCUT2D eigenvalue weighted by atomic mass is 9.96. The topological polar surface area (TPSA) is 79.5 Å². The molecule has 7 nitrogen and oxygen atoms in total. The number of aromatic nitrogens is 2. The lowest BCUT2D eigenvalue weighted by Crippen LogP contribution is -2.36. The van der Waals surface area contributed by atoms with E-state index in [4.69, 9.17) is 9.47 Å². The van der Waals surface area contributed by atoms with Gasteiger partial charge in [0.05, 0.1) is 31.1 Å². The fraction of sp³-hybridized carbons (Fsp3) is 0.267. The number of para-hydroxylation sites is 1. The third-order valence-electron chi connectivity index (χ3n) is 6.87. The lowest BCUT2D eigenvalue weighted by molar-refractivity contribution is 0.122. The van der Waals surface area contributed by atoms with Crippen molar-refractivity contribution in [1.29, 1.82) is 0 Å². The van der Waals surface area contributed by atoms with Gasteiger partial charge in [-0.15, -0.1) is 0 Å². The Morgan fingerprint density at radius 1 is 1.00 bits per heavy atom. The Morgan fingerprint density at radius 3 is 2.70 bits per heavy atom. The van der Waals surface area contributed by atoms with E-state index >= 15 is 0 Å². The molecule has 6 rings (SSSR count). The van der Waals surface area contributed by atoms with E-state index in [9.17, 15) is 4.79 Å². The van der Waals surface area contributed by atoms with Gasteiger partial charge >= 0.3 is 0 Å². The van der Waals surface area contributed by atoms with Gasteiger partial charge in [0, 0.05) is 53.8 Å². The minimum absolute atomic E-state index is 0.123. The third kappa shape index (κ3) is 4.95. The molecule has 0 unspecified atom stereocenters. The van der Waals surface area contributed by atoms with E-state index in [1.807, 2.05) is 37.3 Å². The number of nitrogens with zero attached hydrogens (tertiary/aromatic N) is 2. The SMILES string of the molecule is Cc1cc(C)nc(CNc2ccc3c(c2)Cc2cccc(-c4cc(N5CCOCC5)cc(=O)[nH]4)c2O3)c1. The van der Waals surface area contributed by atoms with Crippen LogP contribution in [0.5, 0.6) is 11.5 Å². The van der Waals surface area contributed by atoms with Crippen LogP contribution in [-0.4, -0.2) is 36.3 Å². The van der Waals surface area contributed by atoms with Crippen LogP contribution in [-0.2, 0) is 17.7 Å². The van der Waals surface area contributed by atoms with Gasteiger partial charge in [-0.2, -0.15) is 0 Å². The van der Waals surface area contributed by atoms with Crippen LogP contribution in [0.1, 0.15) is 28.1 Å². The summed E-state index contributed by atoms with van der Waals surface area (Å²) in [6.07, 6.45) is 0.753. The van der Waals surface area contributed by atoms with E-state index in [0.717, 1.165) is 76.2 Å². The Bertz CT molecular complexity index is 1500. The largest absolute Gasteiger partial charge is 0.456 e. The highest BCUT2D eigenvalue weighted by Gasteiger charge is 2.22. The summed E-state index contributed by atoms with van der Waals surface area (Å²) in [5.41, 5.74) is 8.94.